The minimum Gasteiger partial charge on any atom is -0.493 e. The maximum absolute atomic E-state index is 9.66. The Bertz CT molecular complexity index is 380. The molecule has 0 saturated heterocycles. The Kier molecular flexibility index (Phi) is 4.25. The van der Waals surface area contributed by atoms with Crippen molar-refractivity contribution in [2.24, 2.45) is 5.92 Å². The number of hydrogen-bond acceptors (Lipinski definition) is 3. The Morgan fingerprint density at radius 1 is 1.33 bits per heavy atom. The Hall–Kier alpha value is -1.06. The summed E-state index contributed by atoms with van der Waals surface area (Å²) in [5.41, 5.74) is 0.478. The van der Waals surface area contributed by atoms with Crippen LogP contribution in [0.4, 0.5) is 0 Å². The highest BCUT2D eigenvalue weighted by molar-refractivity contribution is 5.33. The maximum Gasteiger partial charge on any atom is 0.123 e. The first-order chi connectivity index (χ1) is 8.54. The number of rotatable bonds is 7. The largest absolute Gasteiger partial charge is 0.493 e. The lowest BCUT2D eigenvalue weighted by Gasteiger charge is -2.18. The van der Waals surface area contributed by atoms with Crippen LogP contribution in [0.1, 0.15) is 32.3 Å². The van der Waals surface area contributed by atoms with Gasteiger partial charge in [-0.25, -0.2) is 0 Å². The number of ether oxygens (including phenoxy) is 1. The average molecular weight is 249 g/mol. The SMILES string of the molecule is CC(C)(O)CNCc1ccccc1OCC1CC1. The molecular weight excluding hydrogens is 226 g/mol. The van der Waals surface area contributed by atoms with Crippen molar-refractivity contribution in [1.82, 2.24) is 5.32 Å². The zero-order valence-electron chi connectivity index (χ0n) is 11.3. The normalized spacial score (nSPS) is 15.7. The Morgan fingerprint density at radius 2 is 2.06 bits per heavy atom. The zero-order valence-corrected chi connectivity index (χ0v) is 11.3. The van der Waals surface area contributed by atoms with Crippen molar-refractivity contribution in [3.63, 3.8) is 0 Å². The van der Waals surface area contributed by atoms with Gasteiger partial charge in [0, 0.05) is 18.7 Å². The summed E-state index contributed by atoms with van der Waals surface area (Å²) in [6.45, 7) is 5.74. The molecule has 3 nitrogen and oxygen atoms in total. The lowest BCUT2D eigenvalue weighted by Crippen LogP contribution is -2.34. The number of nitrogens with one attached hydrogen (secondary N) is 1. The Balaban J connectivity index is 1.85. The molecule has 0 aromatic heterocycles. The van der Waals surface area contributed by atoms with E-state index < -0.39 is 5.60 Å². The van der Waals surface area contributed by atoms with E-state index in [0.29, 0.717) is 6.54 Å². The molecule has 1 aromatic carbocycles. The summed E-state index contributed by atoms with van der Waals surface area (Å²) in [5, 5.41) is 12.9. The van der Waals surface area contributed by atoms with Crippen LogP contribution >= 0.6 is 0 Å². The van der Waals surface area contributed by atoms with E-state index in [4.69, 9.17) is 4.74 Å². The van der Waals surface area contributed by atoms with Gasteiger partial charge in [0.25, 0.3) is 0 Å². The van der Waals surface area contributed by atoms with Crippen molar-refractivity contribution >= 4 is 0 Å². The van der Waals surface area contributed by atoms with E-state index in [1.807, 2.05) is 18.2 Å². The van der Waals surface area contributed by atoms with Gasteiger partial charge < -0.3 is 15.2 Å². The number of benzene rings is 1. The van der Waals surface area contributed by atoms with Gasteiger partial charge in [-0.2, -0.15) is 0 Å². The quantitative estimate of drug-likeness (QED) is 0.779. The Morgan fingerprint density at radius 3 is 2.72 bits per heavy atom. The summed E-state index contributed by atoms with van der Waals surface area (Å²) >= 11 is 0. The smallest absolute Gasteiger partial charge is 0.123 e. The highest BCUT2D eigenvalue weighted by Gasteiger charge is 2.22. The van der Waals surface area contributed by atoms with Gasteiger partial charge in [0.15, 0.2) is 0 Å². The molecule has 0 bridgehead atoms. The molecule has 100 valence electrons. The maximum atomic E-state index is 9.66. The van der Waals surface area contributed by atoms with Crippen LogP contribution in [0.15, 0.2) is 24.3 Å². The highest BCUT2D eigenvalue weighted by atomic mass is 16.5. The van der Waals surface area contributed by atoms with Crippen LogP contribution in [0.25, 0.3) is 0 Å². The molecule has 1 aromatic rings. The zero-order chi connectivity index (χ0) is 13.0. The van der Waals surface area contributed by atoms with E-state index >= 15 is 0 Å². The van der Waals surface area contributed by atoms with Crippen LogP contribution < -0.4 is 10.1 Å². The summed E-state index contributed by atoms with van der Waals surface area (Å²) in [5.74, 6) is 1.73. The minimum absolute atomic E-state index is 0.573. The second-order valence-corrected chi connectivity index (χ2v) is 5.78. The van der Waals surface area contributed by atoms with Crippen molar-refractivity contribution in [2.75, 3.05) is 13.2 Å². The second kappa shape index (κ2) is 5.72. The van der Waals surface area contributed by atoms with E-state index in [-0.39, 0.29) is 0 Å². The van der Waals surface area contributed by atoms with Gasteiger partial charge >= 0.3 is 0 Å². The van der Waals surface area contributed by atoms with Crippen molar-refractivity contribution in [2.45, 2.75) is 38.8 Å². The molecule has 1 fully saturated rings. The predicted octanol–water partition coefficient (Wildman–Crippen LogP) is 2.34. The third kappa shape index (κ3) is 4.67. The Labute approximate surface area is 109 Å². The topological polar surface area (TPSA) is 41.5 Å². The molecule has 1 aliphatic rings. The first-order valence-electron chi connectivity index (χ1n) is 6.68. The fourth-order valence-electron chi connectivity index (χ4n) is 1.79. The highest BCUT2D eigenvalue weighted by Crippen LogP contribution is 2.30. The fourth-order valence-corrected chi connectivity index (χ4v) is 1.79. The van der Waals surface area contributed by atoms with Gasteiger partial charge in [0.2, 0.25) is 0 Å². The van der Waals surface area contributed by atoms with Crippen LogP contribution in [-0.4, -0.2) is 23.9 Å². The van der Waals surface area contributed by atoms with Crippen molar-refractivity contribution < 1.29 is 9.84 Å². The molecule has 1 aliphatic carbocycles. The van der Waals surface area contributed by atoms with Crippen LogP contribution in [-0.2, 0) is 6.54 Å². The molecule has 3 heteroatoms. The average Bonchev–Trinajstić information content (AvgIpc) is 3.10. The minimum atomic E-state index is -0.677. The van der Waals surface area contributed by atoms with E-state index in [1.54, 1.807) is 13.8 Å². The summed E-state index contributed by atoms with van der Waals surface area (Å²) in [4.78, 5) is 0. The third-order valence-electron chi connectivity index (χ3n) is 3.02. The van der Waals surface area contributed by atoms with E-state index in [1.165, 1.54) is 12.8 Å². The second-order valence-electron chi connectivity index (χ2n) is 5.78. The molecule has 0 atom stereocenters. The van der Waals surface area contributed by atoms with Gasteiger partial charge in [-0.1, -0.05) is 18.2 Å². The molecule has 0 spiro atoms. The third-order valence-corrected chi connectivity index (χ3v) is 3.02. The molecule has 2 rings (SSSR count). The van der Waals surface area contributed by atoms with E-state index in [9.17, 15) is 5.11 Å². The van der Waals surface area contributed by atoms with Gasteiger partial charge in [-0.05, 0) is 38.7 Å². The monoisotopic (exact) mass is 249 g/mol. The first kappa shape index (κ1) is 13.4. The van der Waals surface area contributed by atoms with Crippen LogP contribution in [0.3, 0.4) is 0 Å². The van der Waals surface area contributed by atoms with Crippen LogP contribution in [0.2, 0.25) is 0 Å². The summed E-state index contributed by atoms with van der Waals surface area (Å²) < 4.78 is 5.84. The molecule has 1 saturated carbocycles. The standard InChI is InChI=1S/C15H23NO2/c1-15(2,17)11-16-9-13-5-3-4-6-14(13)18-10-12-7-8-12/h3-6,12,16-17H,7-11H2,1-2H3. The number of para-hydroxylation sites is 1. The van der Waals surface area contributed by atoms with Crippen molar-refractivity contribution in [3.05, 3.63) is 29.8 Å². The number of aliphatic hydroxyl groups is 1. The van der Waals surface area contributed by atoms with Crippen molar-refractivity contribution in [3.8, 4) is 5.75 Å². The number of hydrogen-bond donors (Lipinski definition) is 2. The molecular formula is C15H23NO2. The van der Waals surface area contributed by atoms with Crippen LogP contribution in [0, 0.1) is 5.92 Å². The molecule has 2 N–H and O–H groups in total. The molecule has 0 aliphatic heterocycles. The van der Waals surface area contributed by atoms with E-state index in [2.05, 4.69) is 11.4 Å². The van der Waals surface area contributed by atoms with Gasteiger partial charge in [0.05, 0.1) is 12.2 Å². The molecule has 0 amide bonds. The summed E-state index contributed by atoms with van der Waals surface area (Å²) in [6, 6.07) is 8.11. The molecule has 0 radical (unpaired) electrons. The van der Waals surface area contributed by atoms with Crippen molar-refractivity contribution in [1.29, 1.82) is 0 Å². The lowest BCUT2D eigenvalue weighted by molar-refractivity contribution is 0.0794. The lowest BCUT2D eigenvalue weighted by atomic mass is 10.1. The predicted molar refractivity (Wildman–Crippen MR) is 72.7 cm³/mol. The van der Waals surface area contributed by atoms with Gasteiger partial charge in [-0.15, -0.1) is 0 Å². The fraction of sp³-hybridized carbons (Fsp3) is 0.600. The van der Waals surface area contributed by atoms with E-state index in [0.717, 1.165) is 30.4 Å². The van der Waals surface area contributed by atoms with Gasteiger partial charge in [0.1, 0.15) is 5.75 Å². The van der Waals surface area contributed by atoms with Gasteiger partial charge in [-0.3, -0.25) is 0 Å². The molecule has 0 unspecified atom stereocenters. The summed E-state index contributed by atoms with van der Waals surface area (Å²) in [7, 11) is 0. The molecule has 0 heterocycles. The van der Waals surface area contributed by atoms with Crippen LogP contribution in [0.5, 0.6) is 5.75 Å². The first-order valence-corrected chi connectivity index (χ1v) is 6.68. The summed E-state index contributed by atoms with van der Waals surface area (Å²) in [6.07, 6.45) is 2.61. The molecule has 18 heavy (non-hydrogen) atoms.